The Kier molecular flexibility index (Phi) is 7.58. The van der Waals surface area contributed by atoms with E-state index in [1.807, 2.05) is 19.1 Å². The molecule has 2 aromatic carbocycles. The highest BCUT2D eigenvalue weighted by atomic mass is 32.1. The molecule has 0 saturated carbocycles. The summed E-state index contributed by atoms with van der Waals surface area (Å²) in [7, 11) is 1.55. The number of nitriles is 1. The Morgan fingerprint density at radius 1 is 1.19 bits per heavy atom. The van der Waals surface area contributed by atoms with E-state index in [0.29, 0.717) is 28.8 Å². The lowest BCUT2D eigenvalue weighted by Gasteiger charge is -2.13. The van der Waals surface area contributed by atoms with Crippen LogP contribution < -0.4 is 14.8 Å². The van der Waals surface area contributed by atoms with Crippen LogP contribution in [-0.4, -0.2) is 23.2 Å². The molecule has 7 nitrogen and oxygen atoms in total. The summed E-state index contributed by atoms with van der Waals surface area (Å²) in [6.07, 6.45) is 2.22. The summed E-state index contributed by atoms with van der Waals surface area (Å²) in [5, 5.41) is 21.1. The van der Waals surface area contributed by atoms with Gasteiger partial charge in [0.2, 0.25) is 5.13 Å². The number of hydrogen-bond donors (Lipinski definition) is 1. The molecule has 0 spiro atoms. The number of nitrogens with one attached hydrogen (secondary N) is 1. The van der Waals surface area contributed by atoms with Crippen molar-refractivity contribution in [3.8, 4) is 17.6 Å². The van der Waals surface area contributed by atoms with E-state index in [0.717, 1.165) is 22.6 Å². The smallest absolute Gasteiger partial charge is 0.268 e. The van der Waals surface area contributed by atoms with Crippen molar-refractivity contribution >= 4 is 28.5 Å². The van der Waals surface area contributed by atoms with Crippen LogP contribution in [0.2, 0.25) is 0 Å². The fourth-order valence-electron chi connectivity index (χ4n) is 2.98. The van der Waals surface area contributed by atoms with Gasteiger partial charge < -0.3 is 9.47 Å². The largest absolute Gasteiger partial charge is 0.493 e. The lowest BCUT2D eigenvalue weighted by molar-refractivity contribution is -0.112. The van der Waals surface area contributed by atoms with Crippen molar-refractivity contribution in [1.29, 1.82) is 5.26 Å². The van der Waals surface area contributed by atoms with Crippen molar-refractivity contribution in [2.75, 3.05) is 12.4 Å². The SMILES string of the molecule is CCc1nnc(NC(=O)C(C#N)=Cc2ccc(OCc3ccc(C)cc3C)c(OC)c2)s1. The normalized spacial score (nSPS) is 11.0. The molecule has 1 N–H and O–H groups in total. The van der Waals surface area contributed by atoms with Gasteiger partial charge in [-0.15, -0.1) is 10.2 Å². The number of anilines is 1. The van der Waals surface area contributed by atoms with Crippen LogP contribution in [0, 0.1) is 25.2 Å². The van der Waals surface area contributed by atoms with Crippen molar-refractivity contribution in [3.63, 3.8) is 0 Å². The van der Waals surface area contributed by atoms with Crippen LogP contribution in [0.4, 0.5) is 5.13 Å². The number of aryl methyl sites for hydroxylation is 3. The zero-order valence-corrected chi connectivity index (χ0v) is 19.2. The molecule has 0 aliphatic rings. The molecule has 3 rings (SSSR count). The summed E-state index contributed by atoms with van der Waals surface area (Å²) in [5.74, 6) is 0.548. The predicted octanol–water partition coefficient (Wildman–Crippen LogP) is 4.85. The molecule has 0 atom stereocenters. The second-order valence-electron chi connectivity index (χ2n) is 7.11. The number of amides is 1. The van der Waals surface area contributed by atoms with Gasteiger partial charge in [-0.3, -0.25) is 10.1 Å². The third-order valence-corrected chi connectivity index (χ3v) is 5.72. The number of nitrogens with zero attached hydrogens (tertiary/aromatic N) is 3. The number of benzene rings is 2. The molecule has 0 saturated heterocycles. The number of methoxy groups -OCH3 is 1. The number of ether oxygens (including phenoxy) is 2. The van der Waals surface area contributed by atoms with Gasteiger partial charge in [0.15, 0.2) is 11.5 Å². The van der Waals surface area contributed by atoms with Crippen LogP contribution in [0.5, 0.6) is 11.5 Å². The minimum absolute atomic E-state index is 0.0516. The molecule has 0 aliphatic heterocycles. The summed E-state index contributed by atoms with van der Waals surface area (Å²) in [6, 6.07) is 13.4. The van der Waals surface area contributed by atoms with Crippen LogP contribution in [0.3, 0.4) is 0 Å². The Hall–Kier alpha value is -3.70. The average molecular weight is 449 g/mol. The van der Waals surface area contributed by atoms with Gasteiger partial charge in [-0.2, -0.15) is 5.26 Å². The van der Waals surface area contributed by atoms with E-state index in [9.17, 15) is 10.1 Å². The summed E-state index contributed by atoms with van der Waals surface area (Å²) < 4.78 is 11.4. The Balaban J connectivity index is 1.74. The molecule has 0 unspecified atom stereocenters. The maximum atomic E-state index is 12.5. The highest BCUT2D eigenvalue weighted by Crippen LogP contribution is 2.30. The van der Waals surface area contributed by atoms with Crippen LogP contribution in [0.25, 0.3) is 6.08 Å². The first-order valence-electron chi connectivity index (χ1n) is 10.1. The Morgan fingerprint density at radius 3 is 2.66 bits per heavy atom. The fourth-order valence-corrected chi connectivity index (χ4v) is 3.66. The molecule has 164 valence electrons. The average Bonchev–Trinajstić information content (AvgIpc) is 3.24. The summed E-state index contributed by atoms with van der Waals surface area (Å²) >= 11 is 1.28. The first kappa shape index (κ1) is 23.0. The molecule has 3 aromatic rings. The molecule has 1 aromatic heterocycles. The van der Waals surface area contributed by atoms with Crippen molar-refractivity contribution in [2.24, 2.45) is 0 Å². The topological polar surface area (TPSA) is 97.1 Å². The van der Waals surface area contributed by atoms with E-state index >= 15 is 0 Å². The van der Waals surface area contributed by atoms with E-state index < -0.39 is 5.91 Å². The van der Waals surface area contributed by atoms with Crippen molar-refractivity contribution in [1.82, 2.24) is 10.2 Å². The van der Waals surface area contributed by atoms with Crippen LogP contribution in [0.15, 0.2) is 42.0 Å². The van der Waals surface area contributed by atoms with Gasteiger partial charge in [0.05, 0.1) is 7.11 Å². The van der Waals surface area contributed by atoms with Gasteiger partial charge in [-0.1, -0.05) is 48.1 Å². The highest BCUT2D eigenvalue weighted by Gasteiger charge is 2.14. The summed E-state index contributed by atoms with van der Waals surface area (Å²) in [6.45, 7) is 6.47. The van der Waals surface area contributed by atoms with Crippen molar-refractivity contribution in [3.05, 3.63) is 69.2 Å². The molecule has 8 heteroatoms. The van der Waals surface area contributed by atoms with E-state index in [4.69, 9.17) is 9.47 Å². The van der Waals surface area contributed by atoms with Crippen LogP contribution >= 0.6 is 11.3 Å². The second kappa shape index (κ2) is 10.6. The standard InChI is InChI=1S/C24H24N4O3S/c1-5-22-27-28-24(32-22)26-23(29)19(13-25)11-17-7-9-20(21(12-17)30-4)31-14-18-8-6-15(2)10-16(18)3/h6-12H,5,14H2,1-4H3,(H,26,28,29). The van der Waals surface area contributed by atoms with Gasteiger partial charge in [0.25, 0.3) is 5.91 Å². The van der Waals surface area contributed by atoms with Crippen LogP contribution in [-0.2, 0) is 17.8 Å². The summed E-state index contributed by atoms with van der Waals surface area (Å²) in [5.41, 5.74) is 4.04. The molecular formula is C24H24N4O3S. The first-order valence-corrected chi connectivity index (χ1v) is 10.9. The molecule has 1 heterocycles. The van der Waals surface area contributed by atoms with Gasteiger partial charge >= 0.3 is 0 Å². The summed E-state index contributed by atoms with van der Waals surface area (Å²) in [4.78, 5) is 12.5. The van der Waals surface area contributed by atoms with Crippen LogP contribution in [0.1, 0.15) is 34.2 Å². The molecule has 0 aliphatic carbocycles. The minimum Gasteiger partial charge on any atom is -0.493 e. The maximum absolute atomic E-state index is 12.5. The lowest BCUT2D eigenvalue weighted by Crippen LogP contribution is -2.13. The molecule has 0 radical (unpaired) electrons. The number of rotatable bonds is 8. The quantitative estimate of drug-likeness (QED) is 0.391. The lowest BCUT2D eigenvalue weighted by atomic mass is 10.1. The number of carbonyl (C=O) groups excluding carboxylic acids is 1. The van der Waals surface area contributed by atoms with Crippen molar-refractivity contribution < 1.29 is 14.3 Å². The first-order chi connectivity index (χ1) is 15.4. The van der Waals surface area contributed by atoms with Gasteiger partial charge in [0, 0.05) is 0 Å². The second-order valence-corrected chi connectivity index (χ2v) is 8.17. The number of hydrogen-bond acceptors (Lipinski definition) is 7. The Labute approximate surface area is 191 Å². The Morgan fingerprint density at radius 2 is 2.00 bits per heavy atom. The minimum atomic E-state index is -0.541. The maximum Gasteiger partial charge on any atom is 0.268 e. The van der Waals surface area contributed by atoms with E-state index in [1.165, 1.54) is 23.0 Å². The zero-order valence-electron chi connectivity index (χ0n) is 18.4. The fraction of sp³-hybridized carbons (Fsp3) is 0.250. The molecule has 0 fully saturated rings. The van der Waals surface area contributed by atoms with E-state index in [1.54, 1.807) is 25.3 Å². The predicted molar refractivity (Wildman–Crippen MR) is 125 cm³/mol. The number of carbonyl (C=O) groups is 1. The van der Waals surface area contributed by atoms with Gasteiger partial charge in [-0.25, -0.2) is 0 Å². The highest BCUT2D eigenvalue weighted by molar-refractivity contribution is 7.15. The van der Waals surface area contributed by atoms with Gasteiger partial charge in [0.1, 0.15) is 23.3 Å². The van der Waals surface area contributed by atoms with E-state index in [2.05, 4.69) is 41.5 Å². The molecular weight excluding hydrogens is 424 g/mol. The Bertz CT molecular complexity index is 1190. The molecule has 32 heavy (non-hydrogen) atoms. The molecule has 1 amide bonds. The van der Waals surface area contributed by atoms with E-state index in [-0.39, 0.29) is 5.57 Å². The van der Waals surface area contributed by atoms with Gasteiger partial charge in [-0.05, 0) is 55.2 Å². The zero-order chi connectivity index (χ0) is 23.1. The number of aromatic nitrogens is 2. The third-order valence-electron chi connectivity index (χ3n) is 4.73. The van der Waals surface area contributed by atoms with Crippen molar-refractivity contribution in [2.45, 2.75) is 33.8 Å². The monoisotopic (exact) mass is 448 g/mol. The molecule has 0 bridgehead atoms. The third kappa shape index (κ3) is 5.71.